The van der Waals surface area contributed by atoms with Crippen LogP contribution in [-0.4, -0.2) is 5.91 Å². The van der Waals surface area contributed by atoms with Crippen molar-refractivity contribution in [1.82, 2.24) is 0 Å². The standard InChI is InChI=1S/C28H23N3OS/c29-17-21-14-20(15-23(27(21)30)26-16-19-10-4-7-13-25(19)33-26)28(32)31-24-12-6-5-11-22(24)18-8-2-1-3-9-18/h1-16H,17,29-30H2,(H,31,32). The molecule has 4 aromatic carbocycles. The van der Waals surface area contributed by atoms with E-state index in [0.29, 0.717) is 11.3 Å². The molecule has 0 aliphatic carbocycles. The molecule has 0 saturated carbocycles. The number of para-hydroxylation sites is 1. The number of hydrogen-bond acceptors (Lipinski definition) is 4. The van der Waals surface area contributed by atoms with Gasteiger partial charge in [0.2, 0.25) is 0 Å². The molecule has 5 heteroatoms. The fourth-order valence-electron chi connectivity index (χ4n) is 3.99. The number of carbonyl (C=O) groups is 1. The molecule has 0 unspecified atom stereocenters. The number of nitrogens with one attached hydrogen (secondary N) is 1. The molecule has 4 nitrogen and oxygen atoms in total. The maximum Gasteiger partial charge on any atom is 0.255 e. The largest absolute Gasteiger partial charge is 0.398 e. The van der Waals surface area contributed by atoms with Crippen LogP contribution in [-0.2, 0) is 6.54 Å². The number of fused-ring (bicyclic) bond motifs is 1. The highest BCUT2D eigenvalue weighted by Gasteiger charge is 2.17. The summed E-state index contributed by atoms with van der Waals surface area (Å²) in [6, 6.07) is 31.7. The van der Waals surface area contributed by atoms with Crippen LogP contribution >= 0.6 is 11.3 Å². The second kappa shape index (κ2) is 8.90. The molecule has 0 fully saturated rings. The maximum absolute atomic E-state index is 13.3. The molecule has 0 saturated heterocycles. The molecule has 0 radical (unpaired) electrons. The highest BCUT2D eigenvalue weighted by molar-refractivity contribution is 7.22. The predicted molar refractivity (Wildman–Crippen MR) is 139 cm³/mol. The van der Waals surface area contributed by atoms with Gasteiger partial charge in [0.1, 0.15) is 0 Å². The highest BCUT2D eigenvalue weighted by Crippen LogP contribution is 2.38. The van der Waals surface area contributed by atoms with Crippen LogP contribution in [0.3, 0.4) is 0 Å². The first-order valence-electron chi connectivity index (χ1n) is 10.7. The van der Waals surface area contributed by atoms with Crippen molar-refractivity contribution in [3.05, 3.63) is 108 Å². The zero-order valence-corrected chi connectivity index (χ0v) is 18.7. The molecular weight excluding hydrogens is 426 g/mol. The number of hydrogen-bond donors (Lipinski definition) is 3. The summed E-state index contributed by atoms with van der Waals surface area (Å²) in [5, 5.41) is 4.23. The quantitative estimate of drug-likeness (QED) is 0.267. The SMILES string of the molecule is NCc1cc(C(=O)Nc2ccccc2-c2ccccc2)cc(-c2cc3ccccc3s2)c1N. The Morgan fingerprint density at radius 2 is 1.55 bits per heavy atom. The molecule has 0 spiro atoms. The third-order valence-electron chi connectivity index (χ3n) is 5.70. The monoisotopic (exact) mass is 449 g/mol. The number of nitrogens with two attached hydrogens (primary N) is 2. The van der Waals surface area contributed by atoms with Gasteiger partial charge < -0.3 is 16.8 Å². The Bertz CT molecular complexity index is 1420. The number of nitrogen functional groups attached to an aromatic ring is 1. The van der Waals surface area contributed by atoms with Crippen molar-refractivity contribution in [2.24, 2.45) is 5.73 Å². The zero-order chi connectivity index (χ0) is 22.8. The van der Waals surface area contributed by atoms with Gasteiger partial charge in [0.05, 0.1) is 0 Å². The molecule has 5 N–H and O–H groups in total. The molecule has 0 aliphatic rings. The minimum Gasteiger partial charge on any atom is -0.398 e. The lowest BCUT2D eigenvalue weighted by Gasteiger charge is -2.14. The lowest BCUT2D eigenvalue weighted by molar-refractivity contribution is 0.102. The summed E-state index contributed by atoms with van der Waals surface area (Å²) < 4.78 is 1.17. The van der Waals surface area contributed by atoms with Crippen LogP contribution in [0.4, 0.5) is 11.4 Å². The van der Waals surface area contributed by atoms with E-state index in [-0.39, 0.29) is 12.5 Å². The number of thiophene rings is 1. The second-order valence-corrected chi connectivity index (χ2v) is 8.90. The smallest absolute Gasteiger partial charge is 0.255 e. The summed E-state index contributed by atoms with van der Waals surface area (Å²) in [7, 11) is 0. The fraction of sp³-hybridized carbons (Fsp3) is 0.0357. The Balaban J connectivity index is 1.54. The third-order valence-corrected chi connectivity index (χ3v) is 6.85. The average molecular weight is 450 g/mol. The molecule has 0 bridgehead atoms. The van der Waals surface area contributed by atoms with E-state index in [4.69, 9.17) is 11.5 Å². The summed E-state index contributed by atoms with van der Waals surface area (Å²) in [6.45, 7) is 0.255. The van der Waals surface area contributed by atoms with Crippen LogP contribution in [0.5, 0.6) is 0 Å². The van der Waals surface area contributed by atoms with E-state index < -0.39 is 0 Å². The number of amides is 1. The fourth-order valence-corrected chi connectivity index (χ4v) is 5.08. The predicted octanol–water partition coefficient (Wildman–Crippen LogP) is 6.53. The molecule has 33 heavy (non-hydrogen) atoms. The third kappa shape index (κ3) is 4.12. The first-order chi connectivity index (χ1) is 16.1. The molecule has 1 amide bonds. The van der Waals surface area contributed by atoms with Crippen molar-refractivity contribution in [3.8, 4) is 21.6 Å². The van der Waals surface area contributed by atoms with Crippen LogP contribution in [0.1, 0.15) is 15.9 Å². The molecule has 0 aliphatic heterocycles. The van der Waals surface area contributed by atoms with Gasteiger partial charge in [0.25, 0.3) is 5.91 Å². The Morgan fingerprint density at radius 3 is 2.33 bits per heavy atom. The van der Waals surface area contributed by atoms with Gasteiger partial charge in [-0.3, -0.25) is 4.79 Å². The van der Waals surface area contributed by atoms with E-state index in [1.807, 2.05) is 72.8 Å². The first-order valence-corrected chi connectivity index (χ1v) is 11.5. The Kier molecular flexibility index (Phi) is 5.65. The van der Waals surface area contributed by atoms with Gasteiger partial charge in [-0.25, -0.2) is 0 Å². The van der Waals surface area contributed by atoms with Crippen LogP contribution < -0.4 is 16.8 Å². The van der Waals surface area contributed by atoms with Gasteiger partial charge in [-0.2, -0.15) is 0 Å². The topological polar surface area (TPSA) is 81.1 Å². The van der Waals surface area contributed by atoms with E-state index in [2.05, 4.69) is 23.5 Å². The van der Waals surface area contributed by atoms with Crippen LogP contribution in [0.25, 0.3) is 31.7 Å². The molecular formula is C28H23N3OS. The Labute approximate surface area is 196 Å². The van der Waals surface area contributed by atoms with Crippen molar-refractivity contribution in [3.63, 3.8) is 0 Å². The van der Waals surface area contributed by atoms with Gasteiger partial charge in [0, 0.05) is 44.2 Å². The van der Waals surface area contributed by atoms with Crippen molar-refractivity contribution in [2.75, 3.05) is 11.1 Å². The minimum atomic E-state index is -0.199. The number of rotatable bonds is 5. The molecule has 162 valence electrons. The van der Waals surface area contributed by atoms with Gasteiger partial charge in [-0.1, -0.05) is 66.7 Å². The molecule has 0 atom stereocenters. The molecule has 1 aromatic heterocycles. The van der Waals surface area contributed by atoms with Gasteiger partial charge in [-0.05, 0) is 46.8 Å². The van der Waals surface area contributed by atoms with Crippen molar-refractivity contribution < 1.29 is 4.79 Å². The van der Waals surface area contributed by atoms with E-state index >= 15 is 0 Å². The van der Waals surface area contributed by atoms with Crippen LogP contribution in [0.2, 0.25) is 0 Å². The lowest BCUT2D eigenvalue weighted by Crippen LogP contribution is -2.14. The minimum absolute atomic E-state index is 0.199. The Hall–Kier alpha value is -3.93. The number of anilines is 2. The summed E-state index contributed by atoms with van der Waals surface area (Å²) >= 11 is 1.66. The zero-order valence-electron chi connectivity index (χ0n) is 17.9. The normalized spacial score (nSPS) is 10.9. The number of carbonyl (C=O) groups excluding carboxylic acids is 1. The van der Waals surface area contributed by atoms with Crippen molar-refractivity contribution in [2.45, 2.75) is 6.54 Å². The van der Waals surface area contributed by atoms with Crippen molar-refractivity contribution in [1.29, 1.82) is 0 Å². The highest BCUT2D eigenvalue weighted by atomic mass is 32.1. The number of benzene rings is 4. The Morgan fingerprint density at radius 1 is 0.818 bits per heavy atom. The van der Waals surface area contributed by atoms with Gasteiger partial charge in [0.15, 0.2) is 0 Å². The summed E-state index contributed by atoms with van der Waals surface area (Å²) in [4.78, 5) is 14.4. The summed E-state index contributed by atoms with van der Waals surface area (Å²) in [5.41, 5.74) is 17.9. The lowest BCUT2D eigenvalue weighted by atomic mass is 10.00. The van der Waals surface area contributed by atoms with E-state index in [1.54, 1.807) is 17.4 Å². The van der Waals surface area contributed by atoms with Crippen LogP contribution in [0.15, 0.2) is 97.1 Å². The van der Waals surface area contributed by atoms with E-state index in [1.165, 1.54) is 4.70 Å². The summed E-state index contributed by atoms with van der Waals surface area (Å²) in [5.74, 6) is -0.199. The maximum atomic E-state index is 13.3. The summed E-state index contributed by atoms with van der Waals surface area (Å²) in [6.07, 6.45) is 0. The molecule has 5 rings (SSSR count). The average Bonchev–Trinajstić information content (AvgIpc) is 3.29. The van der Waals surface area contributed by atoms with Gasteiger partial charge >= 0.3 is 0 Å². The first kappa shape index (κ1) is 20.9. The second-order valence-electron chi connectivity index (χ2n) is 7.81. The van der Waals surface area contributed by atoms with Crippen LogP contribution in [0, 0.1) is 0 Å². The van der Waals surface area contributed by atoms with Gasteiger partial charge in [-0.15, -0.1) is 11.3 Å². The molecule has 1 heterocycles. The van der Waals surface area contributed by atoms with E-state index in [9.17, 15) is 4.79 Å². The van der Waals surface area contributed by atoms with Crippen molar-refractivity contribution >= 4 is 38.7 Å². The van der Waals surface area contributed by atoms with E-state index in [0.717, 1.165) is 38.2 Å². The molecule has 5 aromatic rings.